The highest BCUT2D eigenvalue weighted by molar-refractivity contribution is 7.73. The van der Waals surface area contributed by atoms with Gasteiger partial charge in [0.15, 0.2) is 3.95 Å². The molecule has 3 rings (SSSR count). The van der Waals surface area contributed by atoms with Crippen LogP contribution in [0.4, 0.5) is 0 Å². The maximum absolute atomic E-state index is 10.2. The zero-order chi connectivity index (χ0) is 14.8. The molecule has 0 atom stereocenters. The lowest BCUT2D eigenvalue weighted by atomic mass is 10.0. The van der Waals surface area contributed by atoms with Crippen molar-refractivity contribution in [1.29, 1.82) is 0 Å². The van der Waals surface area contributed by atoms with E-state index in [-0.39, 0.29) is 5.88 Å². The molecule has 1 aromatic carbocycles. The predicted molar refractivity (Wildman–Crippen MR) is 89.9 cm³/mol. The third-order valence-electron chi connectivity index (χ3n) is 3.17. The lowest BCUT2D eigenvalue weighted by Crippen LogP contribution is -2.01. The van der Waals surface area contributed by atoms with Gasteiger partial charge in [0.25, 0.3) is 0 Å². The molecule has 0 saturated carbocycles. The van der Waals surface area contributed by atoms with Crippen molar-refractivity contribution in [3.05, 3.63) is 50.3 Å². The average molecular weight is 315 g/mol. The molecule has 1 aliphatic rings. The number of hydrogen-bond acceptors (Lipinski definition) is 5. The van der Waals surface area contributed by atoms with Gasteiger partial charge in [-0.25, -0.2) is 0 Å². The Balaban J connectivity index is 2.03. The lowest BCUT2D eigenvalue weighted by molar-refractivity contribution is 0.419. The van der Waals surface area contributed by atoms with Crippen LogP contribution in [0.2, 0.25) is 0 Å². The Hall–Kier alpha value is -2.05. The zero-order valence-corrected chi connectivity index (χ0v) is 13.0. The summed E-state index contributed by atoms with van der Waals surface area (Å²) in [6.07, 6.45) is 3.57. The Labute approximate surface area is 131 Å². The summed E-state index contributed by atoms with van der Waals surface area (Å²) in [5, 5.41) is 18.4. The molecule has 0 fully saturated rings. The van der Waals surface area contributed by atoms with E-state index in [1.54, 1.807) is 10.8 Å². The molecule has 0 radical (unpaired) electrons. The molecule has 0 spiro atoms. The van der Waals surface area contributed by atoms with Crippen molar-refractivity contribution in [3.63, 3.8) is 0 Å². The van der Waals surface area contributed by atoms with Crippen molar-refractivity contribution in [2.45, 2.75) is 13.5 Å². The summed E-state index contributed by atoms with van der Waals surface area (Å²) in [4.78, 5) is 0.730. The topological polar surface area (TPSA) is 49.9 Å². The van der Waals surface area contributed by atoms with Gasteiger partial charge in [-0.3, -0.25) is 4.57 Å². The van der Waals surface area contributed by atoms with E-state index in [0.29, 0.717) is 10.5 Å². The Bertz CT molecular complexity index is 813. The van der Waals surface area contributed by atoms with Crippen LogP contribution in [0.5, 0.6) is 5.88 Å². The van der Waals surface area contributed by atoms with Crippen molar-refractivity contribution in [3.8, 4) is 5.88 Å². The number of allylic oxidation sites excluding steroid dienone is 1. The van der Waals surface area contributed by atoms with Gasteiger partial charge in [-0.1, -0.05) is 30.3 Å². The summed E-state index contributed by atoms with van der Waals surface area (Å²) in [7, 11) is 0. The van der Waals surface area contributed by atoms with Gasteiger partial charge in [0.1, 0.15) is 5.71 Å². The molecular formula is C15H13N3OS2. The molecule has 1 aliphatic heterocycles. The van der Waals surface area contributed by atoms with Crippen LogP contribution in [0.1, 0.15) is 17.4 Å². The average Bonchev–Trinajstić information content (AvgIpc) is 3.06. The Morgan fingerprint density at radius 2 is 2.10 bits per heavy atom. The van der Waals surface area contributed by atoms with E-state index in [2.05, 4.69) is 10.2 Å². The second kappa shape index (κ2) is 5.75. The van der Waals surface area contributed by atoms with Gasteiger partial charge < -0.3 is 5.11 Å². The normalized spacial score (nSPS) is 15.7. The second-order valence-corrected chi connectivity index (χ2v) is 6.13. The first-order valence-electron chi connectivity index (χ1n) is 6.52. The number of benzene rings is 1. The molecule has 21 heavy (non-hydrogen) atoms. The Morgan fingerprint density at radius 1 is 1.33 bits per heavy atom. The summed E-state index contributed by atoms with van der Waals surface area (Å²) < 4.78 is 2.37. The van der Waals surface area contributed by atoms with Gasteiger partial charge in [-0.2, -0.15) is 5.10 Å². The van der Waals surface area contributed by atoms with Gasteiger partial charge in [-0.15, -0.1) is 16.4 Å². The van der Waals surface area contributed by atoms with Crippen LogP contribution in [0.3, 0.4) is 0 Å². The van der Waals surface area contributed by atoms with Crippen LogP contribution in [0, 0.1) is 3.95 Å². The predicted octanol–water partition coefficient (Wildman–Crippen LogP) is 3.88. The van der Waals surface area contributed by atoms with E-state index in [1.807, 2.05) is 43.3 Å². The quantitative estimate of drug-likeness (QED) is 0.874. The van der Waals surface area contributed by atoms with E-state index in [0.717, 1.165) is 21.7 Å². The number of nitrogens with zero attached hydrogens (tertiary/aromatic N) is 3. The van der Waals surface area contributed by atoms with Gasteiger partial charge >= 0.3 is 0 Å². The molecule has 106 valence electrons. The molecule has 6 heteroatoms. The second-order valence-electron chi connectivity index (χ2n) is 4.46. The maximum Gasteiger partial charge on any atom is 0.210 e. The summed E-state index contributed by atoms with van der Waals surface area (Å²) in [5.74, 6) is 0.202. The number of hydrogen-bond donors (Lipinski definition) is 1. The Morgan fingerprint density at radius 3 is 2.76 bits per heavy atom. The molecule has 0 aliphatic carbocycles. The molecule has 2 heterocycles. The monoisotopic (exact) mass is 315 g/mol. The van der Waals surface area contributed by atoms with Crippen molar-refractivity contribution >= 4 is 41.6 Å². The van der Waals surface area contributed by atoms with Crippen LogP contribution in [-0.2, 0) is 6.54 Å². The minimum Gasteiger partial charge on any atom is -0.493 e. The first-order valence-corrected chi connectivity index (χ1v) is 7.74. The number of aromatic hydroxyl groups is 1. The van der Waals surface area contributed by atoms with Gasteiger partial charge in [-0.05, 0) is 25.2 Å². The first kappa shape index (κ1) is 13.9. The smallest absolute Gasteiger partial charge is 0.210 e. The first-order chi connectivity index (χ1) is 10.2. The van der Waals surface area contributed by atoms with E-state index in [9.17, 15) is 5.11 Å². The van der Waals surface area contributed by atoms with E-state index in [4.69, 9.17) is 12.2 Å². The van der Waals surface area contributed by atoms with Crippen LogP contribution >= 0.6 is 23.6 Å². The SMILES string of the molecule is CCn1c(O)c(C=C2C=NN=C2c2ccccc2)sc1=S. The molecule has 1 aromatic heterocycles. The number of thiazole rings is 1. The van der Waals surface area contributed by atoms with Crippen molar-refractivity contribution < 1.29 is 5.11 Å². The van der Waals surface area contributed by atoms with Crippen LogP contribution in [0.15, 0.2) is 46.1 Å². The van der Waals surface area contributed by atoms with E-state index < -0.39 is 0 Å². The van der Waals surface area contributed by atoms with Crippen molar-refractivity contribution in [2.24, 2.45) is 10.2 Å². The number of aromatic nitrogens is 1. The molecular weight excluding hydrogens is 302 g/mol. The third-order valence-corrected chi connectivity index (χ3v) is 4.56. The van der Waals surface area contributed by atoms with Crippen LogP contribution < -0.4 is 0 Å². The van der Waals surface area contributed by atoms with Crippen molar-refractivity contribution in [2.75, 3.05) is 0 Å². The maximum atomic E-state index is 10.2. The highest BCUT2D eigenvalue weighted by atomic mass is 32.1. The van der Waals surface area contributed by atoms with Gasteiger partial charge in [0.2, 0.25) is 5.88 Å². The highest BCUT2D eigenvalue weighted by Crippen LogP contribution is 2.29. The summed E-state index contributed by atoms with van der Waals surface area (Å²) in [6.45, 7) is 2.60. The third kappa shape index (κ3) is 2.59. The lowest BCUT2D eigenvalue weighted by Gasteiger charge is -2.02. The molecule has 0 saturated heterocycles. The molecule has 2 aromatic rings. The zero-order valence-electron chi connectivity index (χ0n) is 11.4. The summed E-state index contributed by atoms with van der Waals surface area (Å²) in [6, 6.07) is 9.86. The molecule has 4 nitrogen and oxygen atoms in total. The summed E-state index contributed by atoms with van der Waals surface area (Å²) in [5.41, 5.74) is 2.67. The van der Waals surface area contributed by atoms with Gasteiger partial charge in [0, 0.05) is 17.7 Å². The molecule has 0 amide bonds. The van der Waals surface area contributed by atoms with E-state index in [1.165, 1.54) is 11.3 Å². The fourth-order valence-electron chi connectivity index (χ4n) is 2.12. The minimum atomic E-state index is 0.202. The van der Waals surface area contributed by atoms with Crippen LogP contribution in [-0.4, -0.2) is 21.6 Å². The highest BCUT2D eigenvalue weighted by Gasteiger charge is 2.15. The summed E-state index contributed by atoms with van der Waals surface area (Å²) >= 11 is 6.64. The molecule has 1 N–H and O–H groups in total. The fourth-order valence-corrected chi connectivity index (χ4v) is 3.51. The standard InChI is InChI=1S/C15H13N3OS2/c1-2-18-14(19)12(21-15(18)20)8-11-9-16-17-13(11)10-6-4-3-5-7-10/h3-9,19H,2H2,1H3. The van der Waals surface area contributed by atoms with Crippen molar-refractivity contribution in [1.82, 2.24) is 4.57 Å². The fraction of sp³-hybridized carbons (Fsp3) is 0.133. The molecule has 0 unspecified atom stereocenters. The molecule has 0 bridgehead atoms. The minimum absolute atomic E-state index is 0.202. The van der Waals surface area contributed by atoms with Gasteiger partial charge in [0.05, 0.1) is 11.1 Å². The van der Waals surface area contributed by atoms with Crippen LogP contribution in [0.25, 0.3) is 6.08 Å². The largest absolute Gasteiger partial charge is 0.493 e. The Kier molecular flexibility index (Phi) is 3.81. The van der Waals surface area contributed by atoms with E-state index >= 15 is 0 Å². The number of rotatable bonds is 3.